The molecule has 1 atom stereocenters. The van der Waals surface area contributed by atoms with Crippen molar-refractivity contribution in [2.45, 2.75) is 25.0 Å². The zero-order valence-electron chi connectivity index (χ0n) is 10.00. The van der Waals surface area contributed by atoms with Gasteiger partial charge in [-0.15, -0.1) is 0 Å². The number of nitro benzene ring substituents is 1. The lowest BCUT2D eigenvalue weighted by molar-refractivity contribution is -0.384. The highest BCUT2D eigenvalue weighted by Crippen LogP contribution is 2.31. The van der Waals surface area contributed by atoms with Gasteiger partial charge in [0, 0.05) is 30.3 Å². The molecule has 1 aliphatic rings. The summed E-state index contributed by atoms with van der Waals surface area (Å²) in [5.41, 5.74) is 1.60. The van der Waals surface area contributed by atoms with Crippen LogP contribution in [0.5, 0.6) is 0 Å². The number of non-ortho nitro benzene ring substituents is 1. The zero-order chi connectivity index (χ0) is 13.3. The summed E-state index contributed by atoms with van der Waals surface area (Å²) >= 11 is 4.29. The summed E-state index contributed by atoms with van der Waals surface area (Å²) < 4.78 is 0. The molecule has 0 saturated carbocycles. The van der Waals surface area contributed by atoms with Crippen LogP contribution in [0.3, 0.4) is 0 Å². The number of hydrogen-bond donors (Lipinski definition) is 1. The van der Waals surface area contributed by atoms with Crippen LogP contribution in [0.4, 0.5) is 11.4 Å². The molecule has 18 heavy (non-hydrogen) atoms. The van der Waals surface area contributed by atoms with Crippen molar-refractivity contribution in [2.75, 3.05) is 11.4 Å². The van der Waals surface area contributed by atoms with E-state index in [9.17, 15) is 14.9 Å². The molecule has 1 aromatic rings. The molecule has 1 saturated heterocycles. The molecule has 0 aliphatic carbocycles. The van der Waals surface area contributed by atoms with Gasteiger partial charge in [0.25, 0.3) is 5.69 Å². The van der Waals surface area contributed by atoms with Crippen molar-refractivity contribution in [1.29, 1.82) is 0 Å². The second-order valence-electron chi connectivity index (χ2n) is 4.29. The fraction of sp³-hybridized carbons (Fsp3) is 0.417. The highest BCUT2D eigenvalue weighted by atomic mass is 32.1. The number of nitro groups is 1. The van der Waals surface area contributed by atoms with E-state index in [0.29, 0.717) is 18.7 Å². The number of rotatable bonds is 3. The van der Waals surface area contributed by atoms with Gasteiger partial charge in [0.1, 0.15) is 0 Å². The summed E-state index contributed by atoms with van der Waals surface area (Å²) in [6, 6.07) is 4.66. The topological polar surface area (TPSA) is 63.5 Å². The average molecular weight is 266 g/mol. The predicted molar refractivity (Wildman–Crippen MR) is 72.2 cm³/mol. The molecule has 2 rings (SSSR count). The third-order valence-electron chi connectivity index (χ3n) is 3.06. The van der Waals surface area contributed by atoms with Crippen LogP contribution in [0.15, 0.2) is 18.2 Å². The van der Waals surface area contributed by atoms with Crippen LogP contribution in [0.25, 0.3) is 0 Å². The van der Waals surface area contributed by atoms with E-state index in [-0.39, 0.29) is 16.8 Å². The molecule has 0 spiro atoms. The molecule has 0 N–H and O–H groups in total. The highest BCUT2D eigenvalue weighted by Gasteiger charge is 2.30. The Morgan fingerprint density at radius 1 is 1.56 bits per heavy atom. The number of anilines is 1. The van der Waals surface area contributed by atoms with E-state index in [1.54, 1.807) is 11.0 Å². The van der Waals surface area contributed by atoms with E-state index in [1.807, 2.05) is 6.92 Å². The molecule has 1 aromatic carbocycles. The molecule has 1 aliphatic heterocycles. The predicted octanol–water partition coefficient (Wildman–Crippen LogP) is 2.19. The van der Waals surface area contributed by atoms with E-state index < -0.39 is 4.92 Å². The molecule has 0 bridgehead atoms. The average Bonchev–Trinajstić information content (AvgIpc) is 2.67. The lowest BCUT2D eigenvalue weighted by atomic mass is 10.1. The van der Waals surface area contributed by atoms with Gasteiger partial charge in [-0.2, -0.15) is 12.6 Å². The highest BCUT2D eigenvalue weighted by molar-refractivity contribution is 7.81. The Kier molecular flexibility index (Phi) is 3.56. The minimum absolute atomic E-state index is 0.00136. The second-order valence-corrected chi connectivity index (χ2v) is 5.02. The lowest BCUT2D eigenvalue weighted by Crippen LogP contribution is -2.25. The summed E-state index contributed by atoms with van der Waals surface area (Å²) in [5, 5.41) is 10.8. The Labute approximate surface area is 110 Å². The lowest BCUT2D eigenvalue weighted by Gasteiger charge is -2.19. The van der Waals surface area contributed by atoms with Crippen LogP contribution >= 0.6 is 12.6 Å². The molecule has 1 unspecified atom stereocenters. The van der Waals surface area contributed by atoms with Gasteiger partial charge < -0.3 is 4.90 Å². The first-order chi connectivity index (χ1) is 8.52. The van der Waals surface area contributed by atoms with Gasteiger partial charge in [0.2, 0.25) is 5.91 Å². The summed E-state index contributed by atoms with van der Waals surface area (Å²) in [6.45, 7) is 2.47. The molecule has 1 heterocycles. The number of nitrogens with zero attached hydrogens (tertiary/aromatic N) is 2. The maximum Gasteiger partial charge on any atom is 0.271 e. The number of thiol groups is 1. The zero-order valence-corrected chi connectivity index (χ0v) is 10.9. The molecule has 1 amide bonds. The third-order valence-corrected chi connectivity index (χ3v) is 3.40. The first kappa shape index (κ1) is 12.9. The molecular weight excluding hydrogens is 252 g/mol. The fourth-order valence-corrected chi connectivity index (χ4v) is 2.46. The molecule has 5 nitrogen and oxygen atoms in total. The standard InChI is InChI=1S/C12H14N2O3S/c1-2-8-3-4-9(14(16)17)5-11(8)13-7-10(18)6-12(13)15/h3-5,10,18H,2,6-7H2,1H3. The van der Waals surface area contributed by atoms with Gasteiger partial charge in [0.15, 0.2) is 0 Å². The summed E-state index contributed by atoms with van der Waals surface area (Å²) in [6.07, 6.45) is 1.11. The van der Waals surface area contributed by atoms with Gasteiger partial charge in [-0.3, -0.25) is 14.9 Å². The Bertz CT molecular complexity index is 504. The number of carbonyl (C=O) groups is 1. The molecule has 0 aromatic heterocycles. The first-order valence-electron chi connectivity index (χ1n) is 5.78. The van der Waals surface area contributed by atoms with Crippen molar-refractivity contribution < 1.29 is 9.72 Å². The minimum Gasteiger partial charge on any atom is -0.311 e. The van der Waals surface area contributed by atoms with Crippen LogP contribution in [0.2, 0.25) is 0 Å². The summed E-state index contributed by atoms with van der Waals surface area (Å²) in [4.78, 5) is 23.8. The van der Waals surface area contributed by atoms with Crippen LogP contribution < -0.4 is 4.90 Å². The Morgan fingerprint density at radius 3 is 2.78 bits per heavy atom. The largest absolute Gasteiger partial charge is 0.311 e. The summed E-state index contributed by atoms with van der Waals surface area (Å²) in [7, 11) is 0. The monoisotopic (exact) mass is 266 g/mol. The van der Waals surface area contributed by atoms with Crippen molar-refractivity contribution >= 4 is 29.9 Å². The second kappa shape index (κ2) is 4.97. The smallest absolute Gasteiger partial charge is 0.271 e. The quantitative estimate of drug-likeness (QED) is 0.518. The third kappa shape index (κ3) is 2.33. The summed E-state index contributed by atoms with van der Waals surface area (Å²) in [5.74, 6) is -0.0230. The Balaban J connectivity index is 2.44. The van der Waals surface area contributed by atoms with Crippen molar-refractivity contribution in [3.63, 3.8) is 0 Å². The molecule has 6 heteroatoms. The number of carbonyl (C=O) groups excluding carboxylic acids is 1. The molecule has 0 radical (unpaired) electrons. The van der Waals surface area contributed by atoms with Crippen molar-refractivity contribution in [3.8, 4) is 0 Å². The molecular formula is C12H14N2O3S. The van der Waals surface area contributed by atoms with Gasteiger partial charge in [-0.1, -0.05) is 13.0 Å². The minimum atomic E-state index is -0.443. The van der Waals surface area contributed by atoms with E-state index in [2.05, 4.69) is 12.6 Å². The Hall–Kier alpha value is -1.56. The maximum atomic E-state index is 11.8. The van der Waals surface area contributed by atoms with Crippen LogP contribution in [-0.2, 0) is 11.2 Å². The number of aryl methyl sites for hydroxylation is 1. The molecule has 1 fully saturated rings. The van der Waals surface area contributed by atoms with Crippen molar-refractivity contribution in [3.05, 3.63) is 33.9 Å². The number of hydrogen-bond acceptors (Lipinski definition) is 4. The van der Waals surface area contributed by atoms with Gasteiger partial charge in [0.05, 0.1) is 10.6 Å². The van der Waals surface area contributed by atoms with Crippen LogP contribution in [0.1, 0.15) is 18.9 Å². The molecule has 96 valence electrons. The number of benzene rings is 1. The maximum absolute atomic E-state index is 11.8. The Morgan fingerprint density at radius 2 is 2.28 bits per heavy atom. The van der Waals surface area contributed by atoms with E-state index in [0.717, 1.165) is 12.0 Å². The van der Waals surface area contributed by atoms with Gasteiger partial charge in [-0.25, -0.2) is 0 Å². The van der Waals surface area contributed by atoms with E-state index in [1.165, 1.54) is 12.1 Å². The van der Waals surface area contributed by atoms with Crippen LogP contribution in [0, 0.1) is 10.1 Å². The normalized spacial score (nSPS) is 19.3. The van der Waals surface area contributed by atoms with Gasteiger partial charge >= 0.3 is 0 Å². The van der Waals surface area contributed by atoms with Crippen LogP contribution in [-0.4, -0.2) is 22.6 Å². The first-order valence-corrected chi connectivity index (χ1v) is 6.30. The fourth-order valence-electron chi connectivity index (χ4n) is 2.14. The van der Waals surface area contributed by atoms with E-state index in [4.69, 9.17) is 0 Å². The van der Waals surface area contributed by atoms with Crippen molar-refractivity contribution in [2.24, 2.45) is 0 Å². The van der Waals surface area contributed by atoms with Crippen molar-refractivity contribution in [1.82, 2.24) is 0 Å². The SMILES string of the molecule is CCc1ccc([N+](=O)[O-])cc1N1CC(S)CC1=O. The van der Waals surface area contributed by atoms with E-state index >= 15 is 0 Å². The van der Waals surface area contributed by atoms with Gasteiger partial charge in [-0.05, 0) is 12.0 Å². The number of amides is 1.